The molecule has 0 atom stereocenters. The molecule has 0 unspecified atom stereocenters. The Morgan fingerprint density at radius 1 is 1.23 bits per heavy atom. The molecule has 5 nitrogen and oxygen atoms in total. The minimum Gasteiger partial charge on any atom is -0.497 e. The van der Waals surface area contributed by atoms with Crippen molar-refractivity contribution in [3.05, 3.63) is 75.2 Å². The smallest absolute Gasteiger partial charge is 0.226 e. The minimum absolute atomic E-state index is 0.0440. The molecule has 0 bridgehead atoms. The summed E-state index contributed by atoms with van der Waals surface area (Å²) < 4.78 is 5.23. The van der Waals surface area contributed by atoms with E-state index in [1.807, 2.05) is 41.8 Å². The molecule has 0 radical (unpaired) electrons. The molecular formula is C24H26ClN3O2S. The summed E-state index contributed by atoms with van der Waals surface area (Å²) >= 11 is 7.64. The van der Waals surface area contributed by atoms with Crippen molar-refractivity contribution >= 4 is 34.5 Å². The maximum Gasteiger partial charge on any atom is 0.226 e. The second-order valence-corrected chi connectivity index (χ2v) is 9.12. The number of hydrogen-bond acceptors (Lipinski definition) is 5. The number of carbonyl (C=O) groups excluding carboxylic acids is 1. The van der Waals surface area contributed by atoms with Crippen LogP contribution in [-0.2, 0) is 17.6 Å². The summed E-state index contributed by atoms with van der Waals surface area (Å²) in [6, 6.07) is 16.2. The number of methoxy groups -OCH3 is 1. The van der Waals surface area contributed by atoms with Crippen LogP contribution in [0.1, 0.15) is 29.1 Å². The largest absolute Gasteiger partial charge is 0.497 e. The van der Waals surface area contributed by atoms with E-state index in [0.29, 0.717) is 6.42 Å². The van der Waals surface area contributed by atoms with Crippen molar-refractivity contribution in [1.82, 2.24) is 10.3 Å². The van der Waals surface area contributed by atoms with Gasteiger partial charge in [0, 0.05) is 41.6 Å². The summed E-state index contributed by atoms with van der Waals surface area (Å²) in [5.41, 5.74) is 3.15. The molecule has 0 saturated carbocycles. The second-order valence-electron chi connectivity index (χ2n) is 7.74. The van der Waals surface area contributed by atoms with Gasteiger partial charge in [0.25, 0.3) is 0 Å². The first-order valence-electron chi connectivity index (χ1n) is 10.4. The SMILES string of the molecule is COc1ccc(N2CCC(NC(=O)Cc3csc(Cc4cccc(Cl)c4)n3)CC2)cc1. The maximum absolute atomic E-state index is 12.5. The maximum atomic E-state index is 12.5. The Balaban J connectivity index is 1.24. The molecule has 2 aromatic carbocycles. The number of thiazole rings is 1. The Bertz CT molecular complexity index is 1010. The molecule has 1 aliphatic heterocycles. The molecule has 2 heterocycles. The van der Waals surface area contributed by atoms with Gasteiger partial charge in [-0.15, -0.1) is 11.3 Å². The Labute approximate surface area is 192 Å². The van der Waals surface area contributed by atoms with E-state index in [0.717, 1.165) is 59.4 Å². The number of carbonyl (C=O) groups is 1. The quantitative estimate of drug-likeness (QED) is 0.560. The zero-order valence-electron chi connectivity index (χ0n) is 17.5. The molecule has 3 aromatic rings. The van der Waals surface area contributed by atoms with Crippen LogP contribution in [0.3, 0.4) is 0 Å². The van der Waals surface area contributed by atoms with Crippen LogP contribution in [-0.4, -0.2) is 37.1 Å². The molecule has 1 saturated heterocycles. The van der Waals surface area contributed by atoms with Crippen molar-refractivity contribution in [2.24, 2.45) is 0 Å². The summed E-state index contributed by atoms with van der Waals surface area (Å²) in [4.78, 5) is 19.5. The number of hydrogen-bond donors (Lipinski definition) is 1. The van der Waals surface area contributed by atoms with Crippen LogP contribution in [0, 0.1) is 0 Å². The molecule has 1 fully saturated rings. The van der Waals surface area contributed by atoms with E-state index < -0.39 is 0 Å². The molecule has 1 N–H and O–H groups in total. The van der Waals surface area contributed by atoms with Crippen LogP contribution in [0.5, 0.6) is 5.75 Å². The fraction of sp³-hybridized carbons (Fsp3) is 0.333. The van der Waals surface area contributed by atoms with Crippen molar-refractivity contribution in [3.8, 4) is 5.75 Å². The summed E-state index contributed by atoms with van der Waals surface area (Å²) in [6.07, 6.45) is 2.94. The third-order valence-corrected chi connectivity index (χ3v) is 6.62. The number of nitrogens with zero attached hydrogens (tertiary/aromatic N) is 2. The summed E-state index contributed by atoms with van der Waals surface area (Å²) in [5, 5.41) is 6.89. The topological polar surface area (TPSA) is 54.5 Å². The number of piperidine rings is 1. The number of aromatic nitrogens is 1. The predicted octanol–water partition coefficient (Wildman–Crippen LogP) is 4.72. The van der Waals surface area contributed by atoms with Crippen molar-refractivity contribution in [3.63, 3.8) is 0 Å². The molecule has 7 heteroatoms. The minimum atomic E-state index is 0.0440. The third kappa shape index (κ3) is 5.99. The molecule has 162 valence electrons. The number of ether oxygens (including phenoxy) is 1. The average Bonchev–Trinajstić information content (AvgIpc) is 3.21. The number of benzene rings is 2. The Morgan fingerprint density at radius 2 is 2.00 bits per heavy atom. The van der Waals surface area contributed by atoms with Gasteiger partial charge in [-0.3, -0.25) is 4.79 Å². The number of halogens is 1. The van der Waals surface area contributed by atoms with Crippen LogP contribution in [0.4, 0.5) is 5.69 Å². The molecular weight excluding hydrogens is 430 g/mol. The van der Waals surface area contributed by atoms with E-state index in [9.17, 15) is 4.79 Å². The lowest BCUT2D eigenvalue weighted by Crippen LogP contribution is -2.45. The molecule has 1 amide bonds. The van der Waals surface area contributed by atoms with Gasteiger partial charge >= 0.3 is 0 Å². The van der Waals surface area contributed by atoms with E-state index in [-0.39, 0.29) is 11.9 Å². The van der Waals surface area contributed by atoms with Gasteiger partial charge in [-0.05, 0) is 54.8 Å². The zero-order valence-corrected chi connectivity index (χ0v) is 19.1. The summed E-state index contributed by atoms with van der Waals surface area (Å²) in [5.74, 6) is 0.908. The molecule has 1 aliphatic rings. The normalized spacial score (nSPS) is 14.5. The van der Waals surface area contributed by atoms with Gasteiger partial charge < -0.3 is 15.0 Å². The first kappa shape index (κ1) is 21.7. The number of rotatable bonds is 7. The Kier molecular flexibility index (Phi) is 7.10. The van der Waals surface area contributed by atoms with Crippen LogP contribution < -0.4 is 15.0 Å². The van der Waals surface area contributed by atoms with Crippen LogP contribution >= 0.6 is 22.9 Å². The van der Waals surface area contributed by atoms with E-state index in [2.05, 4.69) is 27.3 Å². The average molecular weight is 456 g/mol. The molecule has 31 heavy (non-hydrogen) atoms. The first-order valence-corrected chi connectivity index (χ1v) is 11.7. The highest BCUT2D eigenvalue weighted by atomic mass is 35.5. The standard InChI is InChI=1S/C24H26ClN3O2S/c1-30-22-7-5-21(6-8-22)28-11-9-19(10-12-28)26-23(29)15-20-16-31-24(27-20)14-17-3-2-4-18(25)13-17/h2-8,13,16,19H,9-12,14-15H2,1H3,(H,26,29). The van der Waals surface area contributed by atoms with Gasteiger partial charge in [0.1, 0.15) is 5.75 Å². The second kappa shape index (κ2) is 10.2. The lowest BCUT2D eigenvalue weighted by atomic mass is 10.0. The van der Waals surface area contributed by atoms with E-state index in [1.54, 1.807) is 18.4 Å². The summed E-state index contributed by atoms with van der Waals surface area (Å²) in [6.45, 7) is 1.86. The Morgan fingerprint density at radius 3 is 2.71 bits per heavy atom. The van der Waals surface area contributed by atoms with Gasteiger partial charge in [0.15, 0.2) is 0 Å². The molecule has 1 aromatic heterocycles. The van der Waals surface area contributed by atoms with Crippen LogP contribution in [0.2, 0.25) is 5.02 Å². The zero-order chi connectivity index (χ0) is 21.6. The fourth-order valence-electron chi connectivity index (χ4n) is 3.85. The van der Waals surface area contributed by atoms with E-state index >= 15 is 0 Å². The first-order chi connectivity index (χ1) is 15.1. The van der Waals surface area contributed by atoms with E-state index in [4.69, 9.17) is 16.3 Å². The monoisotopic (exact) mass is 455 g/mol. The van der Waals surface area contributed by atoms with Gasteiger partial charge in [-0.1, -0.05) is 23.7 Å². The van der Waals surface area contributed by atoms with Crippen molar-refractivity contribution < 1.29 is 9.53 Å². The molecule has 0 aliphatic carbocycles. The van der Waals surface area contributed by atoms with Gasteiger partial charge in [-0.2, -0.15) is 0 Å². The number of nitrogens with one attached hydrogen (secondary N) is 1. The number of anilines is 1. The highest BCUT2D eigenvalue weighted by Gasteiger charge is 2.21. The Hall–Kier alpha value is -2.57. The van der Waals surface area contributed by atoms with Gasteiger partial charge in [-0.25, -0.2) is 4.98 Å². The van der Waals surface area contributed by atoms with Crippen LogP contribution in [0.15, 0.2) is 53.9 Å². The highest BCUT2D eigenvalue weighted by Crippen LogP contribution is 2.23. The third-order valence-electron chi connectivity index (χ3n) is 5.48. The predicted molar refractivity (Wildman–Crippen MR) is 126 cm³/mol. The molecule has 0 spiro atoms. The van der Waals surface area contributed by atoms with E-state index in [1.165, 1.54) is 5.69 Å². The van der Waals surface area contributed by atoms with Gasteiger partial charge in [0.05, 0.1) is 24.2 Å². The van der Waals surface area contributed by atoms with Crippen LogP contribution in [0.25, 0.3) is 0 Å². The van der Waals surface area contributed by atoms with Gasteiger partial charge in [0.2, 0.25) is 5.91 Å². The number of amides is 1. The lowest BCUT2D eigenvalue weighted by Gasteiger charge is -2.34. The van der Waals surface area contributed by atoms with Crippen molar-refractivity contribution in [1.29, 1.82) is 0 Å². The fourth-order valence-corrected chi connectivity index (χ4v) is 4.89. The van der Waals surface area contributed by atoms with Crippen molar-refractivity contribution in [2.45, 2.75) is 31.7 Å². The molecule has 4 rings (SSSR count). The lowest BCUT2D eigenvalue weighted by molar-refractivity contribution is -0.121. The summed E-state index contributed by atoms with van der Waals surface area (Å²) in [7, 11) is 1.68. The van der Waals surface area contributed by atoms with Crippen molar-refractivity contribution in [2.75, 3.05) is 25.1 Å². The highest BCUT2D eigenvalue weighted by molar-refractivity contribution is 7.09.